The highest BCUT2D eigenvalue weighted by Gasteiger charge is 2.07. The lowest BCUT2D eigenvalue weighted by atomic mass is 10.1. The molecule has 0 amide bonds. The number of hydrogen-bond acceptors (Lipinski definition) is 1. The Kier molecular flexibility index (Phi) is 3.36. The largest absolute Gasteiger partial charge is 0.378 e. The van der Waals surface area contributed by atoms with Crippen LogP contribution < -0.4 is 5.32 Å². The lowest BCUT2D eigenvalue weighted by Crippen LogP contribution is -2.02. The van der Waals surface area contributed by atoms with Crippen LogP contribution in [0.3, 0.4) is 0 Å². The molecule has 0 aliphatic heterocycles. The number of para-hydroxylation sites is 1. The van der Waals surface area contributed by atoms with Gasteiger partial charge in [0.2, 0.25) is 0 Å². The van der Waals surface area contributed by atoms with E-state index in [1.165, 1.54) is 6.07 Å². The number of aromatic amines is 1. The van der Waals surface area contributed by atoms with Crippen molar-refractivity contribution in [3.63, 3.8) is 0 Å². The average molecular weight is 289 g/mol. The summed E-state index contributed by atoms with van der Waals surface area (Å²) < 4.78 is 13.8. The van der Waals surface area contributed by atoms with Crippen molar-refractivity contribution in [1.29, 1.82) is 0 Å². The third kappa shape index (κ3) is 2.37. The van der Waals surface area contributed by atoms with Gasteiger partial charge in [-0.25, -0.2) is 4.39 Å². The fourth-order valence-corrected chi connectivity index (χ4v) is 2.52. The molecule has 0 aliphatic carbocycles. The van der Waals surface area contributed by atoms with Crippen molar-refractivity contribution < 1.29 is 4.39 Å². The highest BCUT2D eigenvalue weighted by Crippen LogP contribution is 2.24. The van der Waals surface area contributed by atoms with Crippen LogP contribution >= 0.6 is 11.6 Å². The SMILES string of the molecule is Cc1cccc(F)c1NCc1c[nH]c2cc(Cl)ccc12. The summed E-state index contributed by atoms with van der Waals surface area (Å²) in [6, 6.07) is 10.8. The third-order valence-corrected chi connectivity index (χ3v) is 3.64. The molecule has 20 heavy (non-hydrogen) atoms. The molecule has 0 saturated heterocycles. The van der Waals surface area contributed by atoms with Gasteiger partial charge in [0.15, 0.2) is 0 Å². The molecule has 0 unspecified atom stereocenters. The number of H-pyrrole nitrogens is 1. The zero-order valence-electron chi connectivity index (χ0n) is 11.0. The highest BCUT2D eigenvalue weighted by atomic mass is 35.5. The van der Waals surface area contributed by atoms with Crippen LogP contribution in [0.1, 0.15) is 11.1 Å². The molecule has 0 radical (unpaired) electrons. The molecule has 2 aromatic carbocycles. The predicted octanol–water partition coefficient (Wildman–Crippen LogP) is 4.88. The van der Waals surface area contributed by atoms with E-state index in [1.54, 1.807) is 6.07 Å². The van der Waals surface area contributed by atoms with Gasteiger partial charge in [-0.2, -0.15) is 0 Å². The topological polar surface area (TPSA) is 27.8 Å². The summed E-state index contributed by atoms with van der Waals surface area (Å²) >= 11 is 5.96. The summed E-state index contributed by atoms with van der Waals surface area (Å²) in [7, 11) is 0. The van der Waals surface area contributed by atoms with E-state index in [0.717, 1.165) is 22.0 Å². The first-order valence-corrected chi connectivity index (χ1v) is 6.77. The number of anilines is 1. The van der Waals surface area contributed by atoms with E-state index in [4.69, 9.17) is 11.6 Å². The number of rotatable bonds is 3. The van der Waals surface area contributed by atoms with Crippen LogP contribution in [0, 0.1) is 12.7 Å². The van der Waals surface area contributed by atoms with Gasteiger partial charge in [0, 0.05) is 28.7 Å². The zero-order chi connectivity index (χ0) is 14.1. The van der Waals surface area contributed by atoms with E-state index in [1.807, 2.05) is 37.4 Å². The maximum absolute atomic E-state index is 13.8. The first-order chi connectivity index (χ1) is 9.65. The van der Waals surface area contributed by atoms with Crippen LogP contribution in [0.5, 0.6) is 0 Å². The number of nitrogens with one attached hydrogen (secondary N) is 2. The molecule has 1 aromatic heterocycles. The summed E-state index contributed by atoms with van der Waals surface area (Å²) in [6.07, 6.45) is 1.92. The van der Waals surface area contributed by atoms with Crippen LogP contribution in [0.25, 0.3) is 10.9 Å². The molecule has 2 N–H and O–H groups in total. The van der Waals surface area contributed by atoms with E-state index in [9.17, 15) is 4.39 Å². The zero-order valence-corrected chi connectivity index (χ0v) is 11.8. The normalized spacial score (nSPS) is 10.9. The molecule has 0 atom stereocenters. The maximum atomic E-state index is 13.8. The maximum Gasteiger partial charge on any atom is 0.146 e. The summed E-state index contributed by atoms with van der Waals surface area (Å²) in [5.74, 6) is -0.229. The van der Waals surface area contributed by atoms with Gasteiger partial charge in [0.1, 0.15) is 5.82 Å². The minimum absolute atomic E-state index is 0.229. The smallest absolute Gasteiger partial charge is 0.146 e. The van der Waals surface area contributed by atoms with Gasteiger partial charge < -0.3 is 10.3 Å². The van der Waals surface area contributed by atoms with Crippen LogP contribution in [0.15, 0.2) is 42.6 Å². The fraction of sp³-hybridized carbons (Fsp3) is 0.125. The first-order valence-electron chi connectivity index (χ1n) is 6.39. The number of benzene rings is 2. The van der Waals surface area contributed by atoms with Crippen LogP contribution in [0.4, 0.5) is 10.1 Å². The van der Waals surface area contributed by atoms with Crippen molar-refractivity contribution in [2.24, 2.45) is 0 Å². The summed E-state index contributed by atoms with van der Waals surface area (Å²) in [5.41, 5.74) is 3.52. The van der Waals surface area contributed by atoms with Crippen LogP contribution in [-0.4, -0.2) is 4.98 Å². The molecule has 0 spiro atoms. The van der Waals surface area contributed by atoms with E-state index < -0.39 is 0 Å². The Morgan fingerprint density at radius 1 is 1.25 bits per heavy atom. The minimum atomic E-state index is -0.229. The van der Waals surface area contributed by atoms with Crippen LogP contribution in [-0.2, 0) is 6.54 Å². The average Bonchev–Trinajstić information content (AvgIpc) is 2.80. The van der Waals surface area contributed by atoms with Gasteiger partial charge >= 0.3 is 0 Å². The monoisotopic (exact) mass is 288 g/mol. The first kappa shape index (κ1) is 13.0. The fourth-order valence-electron chi connectivity index (χ4n) is 2.34. The Morgan fingerprint density at radius 2 is 2.10 bits per heavy atom. The second kappa shape index (κ2) is 5.17. The summed E-state index contributed by atoms with van der Waals surface area (Å²) in [6.45, 7) is 2.45. The number of halogens is 2. The van der Waals surface area contributed by atoms with E-state index in [-0.39, 0.29) is 5.82 Å². The van der Waals surface area contributed by atoms with Gasteiger partial charge in [-0.3, -0.25) is 0 Å². The molecule has 4 heteroatoms. The Hall–Kier alpha value is -2.00. The number of aryl methyl sites for hydroxylation is 1. The van der Waals surface area contributed by atoms with E-state index in [2.05, 4.69) is 10.3 Å². The second-order valence-corrected chi connectivity index (χ2v) is 5.23. The molecule has 2 nitrogen and oxygen atoms in total. The van der Waals surface area contributed by atoms with Gasteiger partial charge in [0.05, 0.1) is 5.69 Å². The van der Waals surface area contributed by atoms with Gasteiger partial charge in [-0.1, -0.05) is 29.8 Å². The molecule has 0 bridgehead atoms. The van der Waals surface area contributed by atoms with Crippen molar-refractivity contribution in [1.82, 2.24) is 4.98 Å². The van der Waals surface area contributed by atoms with Crippen molar-refractivity contribution in [2.75, 3.05) is 5.32 Å². The molecule has 1 heterocycles. The standard InChI is InChI=1S/C16H14ClFN2/c1-10-3-2-4-14(18)16(10)20-9-11-8-19-15-7-12(17)5-6-13(11)15/h2-8,19-20H,9H2,1H3. The molecule has 0 fully saturated rings. The van der Waals surface area contributed by atoms with Gasteiger partial charge in [0.25, 0.3) is 0 Å². The summed E-state index contributed by atoms with van der Waals surface area (Å²) in [5, 5.41) is 4.95. The predicted molar refractivity (Wildman–Crippen MR) is 81.8 cm³/mol. The Morgan fingerprint density at radius 3 is 2.90 bits per heavy atom. The third-order valence-electron chi connectivity index (χ3n) is 3.41. The number of fused-ring (bicyclic) bond motifs is 1. The lowest BCUT2D eigenvalue weighted by Gasteiger charge is -2.10. The Balaban J connectivity index is 1.87. The van der Waals surface area contributed by atoms with E-state index >= 15 is 0 Å². The van der Waals surface area contributed by atoms with E-state index in [0.29, 0.717) is 17.3 Å². The number of hydrogen-bond donors (Lipinski definition) is 2. The van der Waals surface area contributed by atoms with Crippen molar-refractivity contribution >= 4 is 28.2 Å². The molecule has 0 aliphatic rings. The molecular formula is C16H14ClFN2. The Bertz CT molecular complexity index is 744. The summed E-state index contributed by atoms with van der Waals surface area (Å²) in [4.78, 5) is 3.18. The number of aromatic nitrogens is 1. The van der Waals surface area contributed by atoms with Gasteiger partial charge in [-0.15, -0.1) is 0 Å². The minimum Gasteiger partial charge on any atom is -0.378 e. The van der Waals surface area contributed by atoms with Crippen molar-refractivity contribution in [2.45, 2.75) is 13.5 Å². The molecule has 0 saturated carbocycles. The molecule has 3 aromatic rings. The Labute approximate surface area is 121 Å². The molecule has 3 rings (SSSR count). The quantitative estimate of drug-likeness (QED) is 0.706. The lowest BCUT2D eigenvalue weighted by molar-refractivity contribution is 0.629. The molecule has 102 valence electrons. The second-order valence-electron chi connectivity index (χ2n) is 4.79. The van der Waals surface area contributed by atoms with Gasteiger partial charge in [-0.05, 0) is 36.2 Å². The van der Waals surface area contributed by atoms with Crippen molar-refractivity contribution in [3.05, 3.63) is 64.6 Å². The van der Waals surface area contributed by atoms with Crippen molar-refractivity contribution in [3.8, 4) is 0 Å². The molecular weight excluding hydrogens is 275 g/mol. The highest BCUT2D eigenvalue weighted by molar-refractivity contribution is 6.31. The van der Waals surface area contributed by atoms with Crippen LogP contribution in [0.2, 0.25) is 5.02 Å².